The van der Waals surface area contributed by atoms with E-state index in [0.29, 0.717) is 11.3 Å². The van der Waals surface area contributed by atoms with E-state index >= 15 is 0 Å². The number of benzene rings is 1. The Morgan fingerprint density at radius 1 is 1.28 bits per heavy atom. The first kappa shape index (κ1) is 18.4. The van der Waals surface area contributed by atoms with Gasteiger partial charge in [-0.15, -0.1) is 0 Å². The molecule has 6 nitrogen and oxygen atoms in total. The molecule has 0 unspecified atom stereocenters. The van der Waals surface area contributed by atoms with Crippen LogP contribution >= 0.6 is 11.8 Å². The van der Waals surface area contributed by atoms with E-state index in [1.54, 1.807) is 0 Å². The minimum Gasteiger partial charge on any atom is -0.452 e. The zero-order valence-electron chi connectivity index (χ0n) is 12.6. The Bertz CT molecular complexity index is 807. The van der Waals surface area contributed by atoms with Crippen molar-refractivity contribution >= 4 is 29.3 Å². The van der Waals surface area contributed by atoms with Crippen LogP contribution < -0.4 is 5.32 Å². The Labute approximate surface area is 145 Å². The molecule has 2 rings (SSSR count). The Balaban J connectivity index is 1.93. The molecule has 0 spiro atoms. The van der Waals surface area contributed by atoms with Crippen molar-refractivity contribution in [2.75, 3.05) is 11.9 Å². The maximum atomic E-state index is 12.5. The second-order valence-electron chi connectivity index (χ2n) is 4.55. The number of halogens is 2. The number of thioether (sulfide) groups is 1. The van der Waals surface area contributed by atoms with Crippen molar-refractivity contribution in [3.05, 3.63) is 53.7 Å². The fraction of sp³-hybridized carbons (Fsp3) is 0.125. The number of pyridine rings is 1. The third-order valence-corrected chi connectivity index (χ3v) is 3.55. The van der Waals surface area contributed by atoms with Crippen molar-refractivity contribution in [3.63, 3.8) is 0 Å². The number of aromatic nitrogens is 1. The SMILES string of the molecule is N#Cc1ccc(NC(=O)COC(=O)c2cccnc2SC(F)F)cc1. The molecule has 2 aromatic rings. The number of hydrogen-bond acceptors (Lipinski definition) is 6. The van der Waals surface area contributed by atoms with E-state index in [2.05, 4.69) is 10.3 Å². The summed E-state index contributed by atoms with van der Waals surface area (Å²) in [4.78, 5) is 27.4. The highest BCUT2D eigenvalue weighted by molar-refractivity contribution is 7.99. The van der Waals surface area contributed by atoms with Gasteiger partial charge < -0.3 is 10.1 Å². The van der Waals surface area contributed by atoms with Crippen LogP contribution in [0, 0.1) is 11.3 Å². The van der Waals surface area contributed by atoms with Gasteiger partial charge in [0.2, 0.25) is 0 Å². The second-order valence-corrected chi connectivity index (χ2v) is 5.53. The number of ether oxygens (including phenoxy) is 1. The van der Waals surface area contributed by atoms with Crippen molar-refractivity contribution in [1.29, 1.82) is 5.26 Å². The summed E-state index contributed by atoms with van der Waals surface area (Å²) in [5.41, 5.74) is 0.722. The van der Waals surface area contributed by atoms with E-state index in [4.69, 9.17) is 10.00 Å². The minimum absolute atomic E-state index is 0.122. The van der Waals surface area contributed by atoms with Gasteiger partial charge in [0, 0.05) is 11.9 Å². The number of alkyl halides is 2. The molecular formula is C16H11F2N3O3S. The molecule has 1 N–H and O–H groups in total. The first-order valence-electron chi connectivity index (χ1n) is 6.86. The Hall–Kier alpha value is -2.99. The first-order chi connectivity index (χ1) is 12.0. The highest BCUT2D eigenvalue weighted by Gasteiger charge is 2.18. The average Bonchev–Trinajstić information content (AvgIpc) is 2.60. The van der Waals surface area contributed by atoms with Crippen molar-refractivity contribution in [1.82, 2.24) is 4.98 Å². The predicted molar refractivity (Wildman–Crippen MR) is 86.2 cm³/mol. The number of rotatable bonds is 6. The molecule has 0 aliphatic heterocycles. The van der Waals surface area contributed by atoms with E-state index in [0.717, 1.165) is 0 Å². The minimum atomic E-state index is -2.74. The van der Waals surface area contributed by atoms with Crippen LogP contribution in [0.1, 0.15) is 15.9 Å². The van der Waals surface area contributed by atoms with Crippen molar-refractivity contribution in [2.24, 2.45) is 0 Å². The van der Waals surface area contributed by atoms with Crippen LogP contribution in [0.3, 0.4) is 0 Å². The molecule has 1 aromatic heterocycles. The molecule has 128 valence electrons. The van der Waals surface area contributed by atoms with Crippen molar-refractivity contribution in [3.8, 4) is 6.07 Å². The van der Waals surface area contributed by atoms with Gasteiger partial charge >= 0.3 is 5.97 Å². The van der Waals surface area contributed by atoms with E-state index in [-0.39, 0.29) is 22.4 Å². The van der Waals surface area contributed by atoms with Crippen LogP contribution in [0.4, 0.5) is 14.5 Å². The molecule has 0 aliphatic rings. The maximum Gasteiger partial charge on any atom is 0.341 e. The van der Waals surface area contributed by atoms with Gasteiger partial charge in [0.1, 0.15) is 5.03 Å². The van der Waals surface area contributed by atoms with Crippen molar-refractivity contribution in [2.45, 2.75) is 10.8 Å². The summed E-state index contributed by atoms with van der Waals surface area (Å²) < 4.78 is 29.7. The third-order valence-electron chi connectivity index (χ3n) is 2.82. The highest BCUT2D eigenvalue weighted by Crippen LogP contribution is 2.26. The molecule has 0 bridgehead atoms. The second kappa shape index (κ2) is 8.75. The lowest BCUT2D eigenvalue weighted by Crippen LogP contribution is -2.21. The van der Waals surface area contributed by atoms with Gasteiger partial charge in [0.05, 0.1) is 17.2 Å². The van der Waals surface area contributed by atoms with Gasteiger partial charge in [0.25, 0.3) is 11.7 Å². The zero-order valence-corrected chi connectivity index (χ0v) is 13.4. The fourth-order valence-corrected chi connectivity index (χ4v) is 2.33. The van der Waals surface area contributed by atoms with Gasteiger partial charge in [-0.25, -0.2) is 9.78 Å². The van der Waals surface area contributed by atoms with Gasteiger partial charge in [-0.1, -0.05) is 0 Å². The molecule has 9 heteroatoms. The van der Waals surface area contributed by atoms with Crippen molar-refractivity contribution < 1.29 is 23.1 Å². The topological polar surface area (TPSA) is 92.1 Å². The molecule has 0 aliphatic carbocycles. The normalized spacial score (nSPS) is 10.2. The van der Waals surface area contributed by atoms with Crippen LogP contribution in [0.25, 0.3) is 0 Å². The molecule has 0 saturated heterocycles. The van der Waals surface area contributed by atoms with Gasteiger partial charge in [-0.05, 0) is 48.2 Å². The van der Waals surface area contributed by atoms with E-state index < -0.39 is 24.2 Å². The number of hydrogen-bond donors (Lipinski definition) is 1. The lowest BCUT2D eigenvalue weighted by Gasteiger charge is -2.08. The molecule has 0 radical (unpaired) electrons. The first-order valence-corrected chi connectivity index (χ1v) is 7.74. The molecule has 1 aromatic carbocycles. The number of nitrogens with one attached hydrogen (secondary N) is 1. The fourth-order valence-electron chi connectivity index (χ4n) is 1.76. The van der Waals surface area contributed by atoms with Gasteiger partial charge in [-0.2, -0.15) is 14.0 Å². The van der Waals surface area contributed by atoms with Crippen LogP contribution in [-0.2, 0) is 9.53 Å². The number of nitriles is 1. The Morgan fingerprint density at radius 2 is 2.00 bits per heavy atom. The highest BCUT2D eigenvalue weighted by atomic mass is 32.2. The Kier molecular flexibility index (Phi) is 6.42. The maximum absolute atomic E-state index is 12.5. The van der Waals surface area contributed by atoms with Crippen LogP contribution in [0.15, 0.2) is 47.6 Å². The monoisotopic (exact) mass is 363 g/mol. The number of carbonyl (C=O) groups is 2. The number of carbonyl (C=O) groups excluding carboxylic acids is 2. The van der Waals surface area contributed by atoms with Crippen LogP contribution in [0.5, 0.6) is 0 Å². The van der Waals surface area contributed by atoms with E-state index in [9.17, 15) is 18.4 Å². The van der Waals surface area contributed by atoms with Crippen LogP contribution in [0.2, 0.25) is 0 Å². The molecule has 25 heavy (non-hydrogen) atoms. The summed E-state index contributed by atoms with van der Waals surface area (Å²) in [6.07, 6.45) is 1.28. The molecule has 1 heterocycles. The number of nitrogens with zero attached hydrogens (tertiary/aromatic N) is 2. The standard InChI is InChI=1S/C16H11F2N3O3S/c17-16(18)25-14-12(2-1-7-20-14)15(23)24-9-13(22)21-11-5-3-10(8-19)4-6-11/h1-7,16H,9H2,(H,21,22). The molecule has 0 saturated carbocycles. The van der Waals surface area contributed by atoms with Gasteiger partial charge in [0.15, 0.2) is 6.61 Å². The molecular weight excluding hydrogens is 352 g/mol. The summed E-state index contributed by atoms with van der Waals surface area (Å²) in [7, 11) is 0. The lowest BCUT2D eigenvalue weighted by atomic mass is 10.2. The molecule has 1 amide bonds. The lowest BCUT2D eigenvalue weighted by molar-refractivity contribution is -0.119. The van der Waals surface area contributed by atoms with E-state index in [1.165, 1.54) is 42.6 Å². The summed E-state index contributed by atoms with van der Waals surface area (Å²) in [6, 6.07) is 10.7. The largest absolute Gasteiger partial charge is 0.452 e. The van der Waals surface area contributed by atoms with E-state index in [1.807, 2.05) is 6.07 Å². The average molecular weight is 363 g/mol. The van der Waals surface area contributed by atoms with Gasteiger partial charge in [-0.3, -0.25) is 4.79 Å². The summed E-state index contributed by atoms with van der Waals surface area (Å²) in [6.45, 7) is -0.591. The predicted octanol–water partition coefficient (Wildman–Crippen LogP) is 3.06. The zero-order chi connectivity index (χ0) is 18.2. The Morgan fingerprint density at radius 3 is 2.64 bits per heavy atom. The summed E-state index contributed by atoms with van der Waals surface area (Å²) >= 11 is 0.122. The number of amides is 1. The number of anilines is 1. The van der Waals surface area contributed by atoms with Crippen LogP contribution in [-0.4, -0.2) is 29.2 Å². The summed E-state index contributed by atoms with van der Waals surface area (Å²) in [5, 5.41) is 11.0. The molecule has 0 fully saturated rings. The quantitative estimate of drug-likeness (QED) is 0.626. The molecule has 0 atom stereocenters. The smallest absolute Gasteiger partial charge is 0.341 e. The number of esters is 1. The summed E-state index contributed by atoms with van der Waals surface area (Å²) in [5.74, 6) is -4.27. The third kappa shape index (κ3) is 5.54.